The zero-order chi connectivity index (χ0) is 19.1. The number of halogens is 1. The fraction of sp³-hybridized carbons (Fsp3) is 0.200. The van der Waals surface area contributed by atoms with Gasteiger partial charge in [0.2, 0.25) is 0 Å². The molecule has 0 saturated heterocycles. The first kappa shape index (κ1) is 17.6. The lowest BCUT2D eigenvalue weighted by molar-refractivity contribution is 0.0986. The highest BCUT2D eigenvalue weighted by atomic mass is 79.9. The minimum absolute atomic E-state index is 0.0901. The Morgan fingerprint density at radius 1 is 1.19 bits per heavy atom. The van der Waals surface area contributed by atoms with Gasteiger partial charge < -0.3 is 19.1 Å². The van der Waals surface area contributed by atoms with E-state index >= 15 is 0 Å². The summed E-state index contributed by atoms with van der Waals surface area (Å²) in [5.41, 5.74) is 3.57. The molecular weight excluding hydrogens is 412 g/mol. The van der Waals surface area contributed by atoms with Gasteiger partial charge in [0.05, 0.1) is 21.9 Å². The second kappa shape index (κ2) is 6.74. The van der Waals surface area contributed by atoms with Crippen LogP contribution in [0.4, 0.5) is 11.4 Å². The van der Waals surface area contributed by atoms with Crippen molar-refractivity contribution in [3.8, 4) is 0 Å². The van der Waals surface area contributed by atoms with Crippen molar-refractivity contribution >= 4 is 39.1 Å². The predicted octanol–water partition coefficient (Wildman–Crippen LogP) is 4.71. The second-order valence-corrected chi connectivity index (χ2v) is 7.21. The van der Waals surface area contributed by atoms with E-state index in [9.17, 15) is 9.59 Å². The molecule has 4 rings (SSSR count). The topological polar surface area (TPSA) is 75.7 Å². The summed E-state index contributed by atoms with van der Waals surface area (Å²) in [5.74, 6) is 0.906. The van der Waals surface area contributed by atoms with Gasteiger partial charge in [-0.3, -0.25) is 9.59 Å². The van der Waals surface area contributed by atoms with Gasteiger partial charge in [-0.1, -0.05) is 0 Å². The summed E-state index contributed by atoms with van der Waals surface area (Å²) in [6.45, 7) is 4.16. The van der Waals surface area contributed by atoms with Crippen LogP contribution in [0.2, 0.25) is 0 Å². The smallest absolute Gasteiger partial charge is 0.261 e. The maximum atomic E-state index is 12.6. The third-order valence-corrected chi connectivity index (χ3v) is 5.61. The monoisotopic (exact) mass is 428 g/mol. The molecule has 1 aliphatic rings. The fourth-order valence-electron chi connectivity index (χ4n) is 3.34. The molecule has 138 valence electrons. The third-order valence-electron chi connectivity index (χ3n) is 4.66. The van der Waals surface area contributed by atoms with Crippen LogP contribution in [-0.4, -0.2) is 18.4 Å². The molecule has 3 aromatic rings. The van der Waals surface area contributed by atoms with Crippen molar-refractivity contribution in [3.63, 3.8) is 0 Å². The molecule has 1 N–H and O–H groups in total. The number of carbonyl (C=O) groups is 2. The van der Waals surface area contributed by atoms with Crippen LogP contribution in [0.25, 0.3) is 0 Å². The highest BCUT2D eigenvalue weighted by molar-refractivity contribution is 9.10. The maximum absolute atomic E-state index is 12.6. The van der Waals surface area contributed by atoms with Gasteiger partial charge in [0.15, 0.2) is 0 Å². The molecule has 0 aliphatic carbocycles. The lowest BCUT2D eigenvalue weighted by Gasteiger charge is -2.16. The molecule has 3 heterocycles. The van der Waals surface area contributed by atoms with Gasteiger partial charge in [0.1, 0.15) is 17.8 Å². The summed E-state index contributed by atoms with van der Waals surface area (Å²) < 4.78 is 11.2. The first-order valence-corrected chi connectivity index (χ1v) is 9.29. The normalized spacial score (nSPS) is 12.9. The summed E-state index contributed by atoms with van der Waals surface area (Å²) >= 11 is 3.40. The van der Waals surface area contributed by atoms with E-state index in [-0.39, 0.29) is 11.8 Å². The highest BCUT2D eigenvalue weighted by Gasteiger charge is 2.27. The molecule has 1 aliphatic heterocycles. The Balaban J connectivity index is 1.56. The van der Waals surface area contributed by atoms with Gasteiger partial charge in [-0.2, -0.15) is 0 Å². The number of rotatable bonds is 3. The van der Waals surface area contributed by atoms with Gasteiger partial charge >= 0.3 is 0 Å². The van der Waals surface area contributed by atoms with Crippen LogP contribution in [-0.2, 0) is 6.42 Å². The fourth-order valence-corrected chi connectivity index (χ4v) is 3.88. The van der Waals surface area contributed by atoms with E-state index in [1.165, 1.54) is 12.5 Å². The van der Waals surface area contributed by atoms with E-state index in [2.05, 4.69) is 21.2 Å². The van der Waals surface area contributed by atoms with E-state index in [0.29, 0.717) is 39.4 Å². The lowest BCUT2D eigenvalue weighted by atomic mass is 10.1. The van der Waals surface area contributed by atoms with E-state index < -0.39 is 0 Å². The Labute approximate surface area is 164 Å². The Kier molecular flexibility index (Phi) is 4.39. The first-order chi connectivity index (χ1) is 13.0. The van der Waals surface area contributed by atoms with Crippen LogP contribution < -0.4 is 10.2 Å². The quantitative estimate of drug-likeness (QED) is 0.655. The molecule has 0 spiro atoms. The van der Waals surface area contributed by atoms with Crippen LogP contribution in [0.1, 0.15) is 37.8 Å². The van der Waals surface area contributed by atoms with Crippen LogP contribution in [0.5, 0.6) is 0 Å². The number of fused-ring (bicyclic) bond motifs is 1. The van der Waals surface area contributed by atoms with E-state index in [0.717, 1.165) is 17.7 Å². The average molecular weight is 429 g/mol. The number of hydrogen-bond donors (Lipinski definition) is 1. The number of benzene rings is 1. The largest absolute Gasteiger partial charge is 0.472 e. The molecule has 0 atom stereocenters. The molecule has 27 heavy (non-hydrogen) atoms. The summed E-state index contributed by atoms with van der Waals surface area (Å²) in [6.07, 6.45) is 3.67. The second-order valence-electron chi connectivity index (χ2n) is 6.42. The van der Waals surface area contributed by atoms with Crippen molar-refractivity contribution in [3.05, 3.63) is 69.5 Å². The summed E-state index contributed by atoms with van der Waals surface area (Å²) in [5, 5.41) is 2.91. The molecule has 7 heteroatoms. The molecule has 0 fully saturated rings. The van der Waals surface area contributed by atoms with Gasteiger partial charge in [-0.05, 0) is 66.0 Å². The molecule has 0 saturated carbocycles. The first-order valence-electron chi connectivity index (χ1n) is 8.49. The number of hydrogen-bond acceptors (Lipinski definition) is 4. The molecule has 1 aromatic carbocycles. The van der Waals surface area contributed by atoms with Crippen molar-refractivity contribution in [1.82, 2.24) is 0 Å². The van der Waals surface area contributed by atoms with E-state index in [1.807, 2.05) is 12.1 Å². The minimum Gasteiger partial charge on any atom is -0.472 e. The molecular formula is C20H17BrN2O4. The Morgan fingerprint density at radius 3 is 2.67 bits per heavy atom. The Hall–Kier alpha value is -2.80. The highest BCUT2D eigenvalue weighted by Crippen LogP contribution is 2.33. The Morgan fingerprint density at radius 2 is 2.00 bits per heavy atom. The molecule has 0 bridgehead atoms. The van der Waals surface area contributed by atoms with E-state index in [1.54, 1.807) is 30.9 Å². The lowest BCUT2D eigenvalue weighted by Crippen LogP contribution is -2.28. The van der Waals surface area contributed by atoms with Crippen LogP contribution >= 0.6 is 15.9 Å². The number of aryl methyl sites for hydroxylation is 2. The van der Waals surface area contributed by atoms with Gasteiger partial charge in [-0.25, -0.2) is 0 Å². The van der Waals surface area contributed by atoms with Crippen molar-refractivity contribution in [2.24, 2.45) is 0 Å². The summed E-state index contributed by atoms with van der Waals surface area (Å²) in [4.78, 5) is 26.9. The van der Waals surface area contributed by atoms with Gasteiger partial charge in [-0.15, -0.1) is 0 Å². The zero-order valence-corrected chi connectivity index (χ0v) is 16.4. The van der Waals surface area contributed by atoms with Crippen LogP contribution in [0.15, 0.2) is 50.1 Å². The SMILES string of the molecule is Cc1oc(C)c(C(=O)Nc2ccc3c(c2)CCN3C(=O)c2ccoc2)c1Br. The van der Waals surface area contributed by atoms with Gasteiger partial charge in [0.25, 0.3) is 11.8 Å². The number of furan rings is 2. The van der Waals surface area contributed by atoms with Crippen molar-refractivity contribution in [1.29, 1.82) is 0 Å². The standard InChI is InChI=1S/C20H17BrN2O4/c1-11-17(18(21)12(2)27-11)19(24)22-15-3-4-16-13(9-15)5-7-23(16)20(25)14-6-8-26-10-14/h3-4,6,8-10H,5,7H2,1-2H3,(H,22,24). The summed E-state index contributed by atoms with van der Waals surface area (Å²) in [6, 6.07) is 7.22. The minimum atomic E-state index is -0.236. The van der Waals surface area contributed by atoms with Gasteiger partial charge in [0, 0.05) is 17.9 Å². The Bertz CT molecular complexity index is 1040. The zero-order valence-electron chi connectivity index (χ0n) is 14.8. The number of anilines is 2. The number of nitrogens with zero attached hydrogens (tertiary/aromatic N) is 1. The molecule has 0 radical (unpaired) electrons. The van der Waals surface area contributed by atoms with Crippen LogP contribution in [0, 0.1) is 13.8 Å². The predicted molar refractivity (Wildman–Crippen MR) is 104 cm³/mol. The molecule has 2 aromatic heterocycles. The molecule has 2 amide bonds. The van der Waals surface area contributed by atoms with Crippen LogP contribution in [0.3, 0.4) is 0 Å². The number of amides is 2. The maximum Gasteiger partial charge on any atom is 0.261 e. The number of carbonyl (C=O) groups excluding carboxylic acids is 2. The summed E-state index contributed by atoms with van der Waals surface area (Å²) in [7, 11) is 0. The van der Waals surface area contributed by atoms with Crippen molar-refractivity contribution < 1.29 is 18.4 Å². The third kappa shape index (κ3) is 3.08. The molecule has 0 unspecified atom stereocenters. The number of nitrogens with one attached hydrogen (secondary N) is 1. The van der Waals surface area contributed by atoms with Crippen molar-refractivity contribution in [2.45, 2.75) is 20.3 Å². The van der Waals surface area contributed by atoms with Crippen molar-refractivity contribution in [2.75, 3.05) is 16.8 Å². The van der Waals surface area contributed by atoms with E-state index in [4.69, 9.17) is 8.83 Å². The average Bonchev–Trinajstić information content (AvgIpc) is 3.35. The molecule has 6 nitrogen and oxygen atoms in total.